The van der Waals surface area contributed by atoms with Gasteiger partial charge in [0.25, 0.3) is 0 Å². The van der Waals surface area contributed by atoms with Gasteiger partial charge in [0, 0.05) is 22.2 Å². The van der Waals surface area contributed by atoms with Crippen LogP contribution in [0.5, 0.6) is 0 Å². The SMILES string of the molecule is CC(=O)c1c(C)[nH]c(C(=O)CSc2nnc3c(n2)[nH]c2ccccc23)c1C. The maximum atomic E-state index is 12.6. The van der Waals surface area contributed by atoms with E-state index in [2.05, 4.69) is 25.1 Å². The molecular weight excluding hydrogens is 362 g/mol. The van der Waals surface area contributed by atoms with Gasteiger partial charge in [-0.3, -0.25) is 9.59 Å². The van der Waals surface area contributed by atoms with Crippen LogP contribution in [0.2, 0.25) is 0 Å². The number of hydrogen-bond acceptors (Lipinski definition) is 6. The van der Waals surface area contributed by atoms with Crippen LogP contribution in [-0.4, -0.2) is 42.5 Å². The van der Waals surface area contributed by atoms with Crippen molar-refractivity contribution < 1.29 is 9.59 Å². The molecule has 0 saturated heterocycles. The molecule has 1 aromatic carbocycles. The Kier molecular flexibility index (Phi) is 4.27. The third kappa shape index (κ3) is 3.02. The van der Waals surface area contributed by atoms with Crippen LogP contribution < -0.4 is 0 Å². The van der Waals surface area contributed by atoms with Gasteiger partial charge in [0.1, 0.15) is 5.52 Å². The van der Waals surface area contributed by atoms with E-state index in [4.69, 9.17) is 0 Å². The van der Waals surface area contributed by atoms with Gasteiger partial charge in [-0.2, -0.15) is 0 Å². The predicted molar refractivity (Wildman–Crippen MR) is 105 cm³/mol. The summed E-state index contributed by atoms with van der Waals surface area (Å²) in [6, 6.07) is 7.80. The third-order valence-corrected chi connectivity index (χ3v) is 5.34. The van der Waals surface area contributed by atoms with E-state index in [0.717, 1.165) is 10.9 Å². The molecule has 0 aliphatic carbocycles. The highest BCUT2D eigenvalue weighted by Gasteiger charge is 2.20. The Balaban J connectivity index is 1.56. The summed E-state index contributed by atoms with van der Waals surface area (Å²) in [4.78, 5) is 35.0. The van der Waals surface area contributed by atoms with Gasteiger partial charge >= 0.3 is 0 Å². The van der Waals surface area contributed by atoms with Crippen LogP contribution in [0.25, 0.3) is 22.1 Å². The lowest BCUT2D eigenvalue weighted by Crippen LogP contribution is -2.06. The smallest absolute Gasteiger partial charge is 0.211 e. The molecule has 0 aliphatic rings. The molecule has 27 heavy (non-hydrogen) atoms. The Morgan fingerprint density at radius 3 is 2.63 bits per heavy atom. The van der Waals surface area contributed by atoms with E-state index in [1.165, 1.54) is 18.7 Å². The maximum absolute atomic E-state index is 12.6. The monoisotopic (exact) mass is 379 g/mol. The minimum Gasteiger partial charge on any atom is -0.355 e. The Hall–Kier alpha value is -3.00. The lowest BCUT2D eigenvalue weighted by molar-refractivity contribution is 0.101. The van der Waals surface area contributed by atoms with Crippen molar-refractivity contribution in [3.8, 4) is 0 Å². The largest absolute Gasteiger partial charge is 0.355 e. The number of benzene rings is 1. The molecule has 0 spiro atoms. The van der Waals surface area contributed by atoms with Crippen LogP contribution >= 0.6 is 11.8 Å². The average Bonchev–Trinajstić information content (AvgIpc) is 3.16. The lowest BCUT2D eigenvalue weighted by Gasteiger charge is -2.00. The summed E-state index contributed by atoms with van der Waals surface area (Å²) in [6.45, 7) is 5.08. The number of H-pyrrole nitrogens is 2. The highest BCUT2D eigenvalue weighted by Crippen LogP contribution is 2.24. The van der Waals surface area contributed by atoms with Gasteiger partial charge in [0.05, 0.1) is 11.4 Å². The van der Waals surface area contributed by atoms with Crippen LogP contribution in [0.4, 0.5) is 0 Å². The van der Waals surface area contributed by atoms with E-state index >= 15 is 0 Å². The van der Waals surface area contributed by atoms with Crippen molar-refractivity contribution in [1.82, 2.24) is 25.1 Å². The Morgan fingerprint density at radius 1 is 1.11 bits per heavy atom. The molecule has 4 aromatic rings. The summed E-state index contributed by atoms with van der Waals surface area (Å²) in [6.07, 6.45) is 0. The van der Waals surface area contributed by atoms with Gasteiger partial charge in [-0.25, -0.2) is 4.98 Å². The number of aromatic nitrogens is 5. The van der Waals surface area contributed by atoms with E-state index in [1.807, 2.05) is 24.3 Å². The third-order valence-electron chi connectivity index (χ3n) is 4.50. The molecule has 0 radical (unpaired) electrons. The van der Waals surface area contributed by atoms with Crippen LogP contribution in [0.15, 0.2) is 29.4 Å². The number of carbonyl (C=O) groups excluding carboxylic acids is 2. The van der Waals surface area contributed by atoms with Crippen molar-refractivity contribution in [1.29, 1.82) is 0 Å². The Morgan fingerprint density at radius 2 is 1.89 bits per heavy atom. The first-order valence-electron chi connectivity index (χ1n) is 8.43. The highest BCUT2D eigenvalue weighted by atomic mass is 32.2. The first-order chi connectivity index (χ1) is 13.0. The molecule has 3 aromatic heterocycles. The highest BCUT2D eigenvalue weighted by molar-refractivity contribution is 7.99. The minimum atomic E-state index is -0.103. The zero-order valence-electron chi connectivity index (χ0n) is 15.1. The van der Waals surface area contributed by atoms with Crippen LogP contribution in [0, 0.1) is 13.8 Å². The second kappa shape index (κ2) is 6.62. The molecule has 0 amide bonds. The number of Topliss-reactive ketones (excluding diaryl/α,β-unsaturated/α-hetero) is 2. The Bertz CT molecular complexity index is 1210. The molecule has 2 N–H and O–H groups in total. The number of carbonyl (C=O) groups is 2. The van der Waals surface area contributed by atoms with Gasteiger partial charge in [-0.1, -0.05) is 30.0 Å². The molecule has 0 saturated carbocycles. The van der Waals surface area contributed by atoms with Crippen molar-refractivity contribution in [2.75, 3.05) is 5.75 Å². The van der Waals surface area contributed by atoms with Crippen molar-refractivity contribution in [2.24, 2.45) is 0 Å². The summed E-state index contributed by atoms with van der Waals surface area (Å²) in [5.74, 6) is 0.00384. The zero-order valence-corrected chi connectivity index (χ0v) is 15.9. The second-order valence-electron chi connectivity index (χ2n) is 6.36. The number of nitrogens with zero attached hydrogens (tertiary/aromatic N) is 3. The number of fused-ring (bicyclic) bond motifs is 3. The summed E-state index contributed by atoms with van der Waals surface area (Å²) in [5.41, 5.74) is 4.75. The van der Waals surface area contributed by atoms with Gasteiger partial charge < -0.3 is 9.97 Å². The topological polar surface area (TPSA) is 104 Å². The zero-order chi connectivity index (χ0) is 19.1. The lowest BCUT2D eigenvalue weighted by atomic mass is 10.1. The molecule has 0 bridgehead atoms. The number of thioether (sulfide) groups is 1. The quantitative estimate of drug-likeness (QED) is 0.405. The van der Waals surface area contributed by atoms with Crippen molar-refractivity contribution in [3.63, 3.8) is 0 Å². The van der Waals surface area contributed by atoms with Crippen molar-refractivity contribution in [3.05, 3.63) is 46.8 Å². The van der Waals surface area contributed by atoms with Crippen LogP contribution in [-0.2, 0) is 0 Å². The van der Waals surface area contributed by atoms with E-state index in [1.54, 1.807) is 13.8 Å². The molecule has 0 atom stereocenters. The molecule has 0 unspecified atom stereocenters. The summed E-state index contributed by atoms with van der Waals surface area (Å²) >= 11 is 1.22. The van der Waals surface area contributed by atoms with Crippen molar-refractivity contribution in [2.45, 2.75) is 25.9 Å². The maximum Gasteiger partial charge on any atom is 0.211 e. The molecule has 136 valence electrons. The first kappa shape index (κ1) is 17.4. The van der Waals surface area contributed by atoms with Gasteiger partial charge in [-0.15, -0.1) is 10.2 Å². The molecule has 7 nitrogen and oxygen atoms in total. The van der Waals surface area contributed by atoms with Crippen LogP contribution in [0.3, 0.4) is 0 Å². The fraction of sp³-hybridized carbons (Fsp3) is 0.211. The molecule has 3 heterocycles. The number of nitrogens with one attached hydrogen (secondary N) is 2. The van der Waals surface area contributed by atoms with E-state index in [0.29, 0.717) is 38.8 Å². The summed E-state index contributed by atoms with van der Waals surface area (Å²) in [7, 11) is 0. The molecule has 4 rings (SSSR count). The average molecular weight is 379 g/mol. The van der Waals surface area contributed by atoms with Crippen molar-refractivity contribution >= 4 is 45.4 Å². The number of para-hydroxylation sites is 1. The Labute approximate surface area is 159 Å². The van der Waals surface area contributed by atoms with Gasteiger partial charge in [0.15, 0.2) is 17.2 Å². The number of hydrogen-bond donors (Lipinski definition) is 2. The number of aryl methyl sites for hydroxylation is 1. The van der Waals surface area contributed by atoms with E-state index in [9.17, 15) is 9.59 Å². The molecule has 0 fully saturated rings. The fourth-order valence-electron chi connectivity index (χ4n) is 3.33. The van der Waals surface area contributed by atoms with E-state index in [-0.39, 0.29) is 17.3 Å². The molecule has 0 aliphatic heterocycles. The second-order valence-corrected chi connectivity index (χ2v) is 7.30. The predicted octanol–water partition coefficient (Wildman–Crippen LogP) is 3.63. The summed E-state index contributed by atoms with van der Waals surface area (Å²) in [5, 5.41) is 9.78. The minimum absolute atomic E-state index is 0.0512. The molecular formula is C19H17N5O2S. The molecule has 8 heteroatoms. The van der Waals surface area contributed by atoms with E-state index < -0.39 is 0 Å². The van der Waals surface area contributed by atoms with Crippen LogP contribution in [0.1, 0.15) is 39.0 Å². The fourth-order valence-corrected chi connectivity index (χ4v) is 3.99. The van der Waals surface area contributed by atoms with Gasteiger partial charge in [-0.05, 0) is 32.4 Å². The summed E-state index contributed by atoms with van der Waals surface area (Å²) < 4.78 is 0. The van der Waals surface area contributed by atoms with Gasteiger partial charge in [0.2, 0.25) is 5.16 Å². The first-order valence-corrected chi connectivity index (χ1v) is 9.41. The number of aromatic amines is 2. The standard InChI is InChI=1S/C19H17N5O2S/c1-9-15(11(3)25)10(2)20-16(9)14(26)8-27-19-22-18-17(23-24-19)12-6-4-5-7-13(12)21-18/h4-7,20H,8H2,1-3H3,(H,21,22,24). The number of ketones is 2. The number of rotatable bonds is 5. The normalized spacial score (nSPS) is 11.4.